The van der Waals surface area contributed by atoms with Gasteiger partial charge in [-0.3, -0.25) is 4.79 Å². The molecular formula is C19H19BrClNO2. The second kappa shape index (κ2) is 8.15. The summed E-state index contributed by atoms with van der Waals surface area (Å²) in [6, 6.07) is 15.2. The second-order valence-corrected chi connectivity index (χ2v) is 7.32. The van der Waals surface area contributed by atoms with Gasteiger partial charge in [0.05, 0.1) is 12.7 Å². The van der Waals surface area contributed by atoms with Crippen LogP contribution < -0.4 is 0 Å². The van der Waals surface area contributed by atoms with E-state index in [2.05, 4.69) is 15.9 Å². The maximum absolute atomic E-state index is 12.6. The van der Waals surface area contributed by atoms with Crippen molar-refractivity contribution in [1.82, 2.24) is 4.90 Å². The van der Waals surface area contributed by atoms with Crippen molar-refractivity contribution in [1.29, 1.82) is 0 Å². The lowest BCUT2D eigenvalue weighted by atomic mass is 10.1. The minimum atomic E-state index is 0.0624. The Morgan fingerprint density at radius 1 is 1.25 bits per heavy atom. The lowest BCUT2D eigenvalue weighted by Gasteiger charge is -2.32. The molecule has 0 radical (unpaired) electrons. The molecule has 0 aliphatic carbocycles. The molecule has 1 atom stereocenters. The summed E-state index contributed by atoms with van der Waals surface area (Å²) in [5.41, 5.74) is 1.76. The molecular weight excluding hydrogens is 390 g/mol. The number of hydrogen-bond acceptors (Lipinski definition) is 2. The number of piperidine rings is 1. The lowest BCUT2D eigenvalue weighted by molar-refractivity contribution is -0.00672. The summed E-state index contributed by atoms with van der Waals surface area (Å²) in [7, 11) is 0. The number of amides is 1. The van der Waals surface area contributed by atoms with Gasteiger partial charge in [0, 0.05) is 28.1 Å². The van der Waals surface area contributed by atoms with E-state index in [0.717, 1.165) is 29.4 Å². The summed E-state index contributed by atoms with van der Waals surface area (Å²) in [6.07, 6.45) is 2.00. The zero-order valence-electron chi connectivity index (χ0n) is 13.3. The molecule has 2 aromatic carbocycles. The normalized spacial score (nSPS) is 17.8. The Balaban J connectivity index is 1.59. The van der Waals surface area contributed by atoms with Gasteiger partial charge in [-0.25, -0.2) is 0 Å². The van der Waals surface area contributed by atoms with Crippen molar-refractivity contribution in [3.05, 3.63) is 69.2 Å². The number of ether oxygens (including phenoxy) is 1. The van der Waals surface area contributed by atoms with E-state index in [9.17, 15) is 4.79 Å². The summed E-state index contributed by atoms with van der Waals surface area (Å²) in [5.74, 6) is 0.0624. The molecule has 0 aromatic heterocycles. The van der Waals surface area contributed by atoms with Crippen molar-refractivity contribution in [3.63, 3.8) is 0 Å². The van der Waals surface area contributed by atoms with Crippen LogP contribution in [0.5, 0.6) is 0 Å². The van der Waals surface area contributed by atoms with Gasteiger partial charge in [-0.05, 0) is 48.7 Å². The van der Waals surface area contributed by atoms with E-state index in [1.54, 1.807) is 0 Å². The second-order valence-electron chi connectivity index (χ2n) is 5.97. The van der Waals surface area contributed by atoms with Crippen molar-refractivity contribution < 1.29 is 9.53 Å². The predicted octanol–water partition coefficient (Wildman–Crippen LogP) is 4.92. The van der Waals surface area contributed by atoms with Crippen LogP contribution in [0.4, 0.5) is 0 Å². The standard InChI is InChI=1S/C19H19BrClNO2/c20-16-6-2-5-15(11-16)19(23)22-9-3-8-18(12-22)24-13-14-4-1-7-17(21)10-14/h1-2,4-7,10-11,18H,3,8-9,12-13H2. The highest BCUT2D eigenvalue weighted by Gasteiger charge is 2.25. The van der Waals surface area contributed by atoms with Gasteiger partial charge in [-0.15, -0.1) is 0 Å². The zero-order chi connectivity index (χ0) is 16.9. The quantitative estimate of drug-likeness (QED) is 0.718. The SMILES string of the molecule is O=C(c1cccc(Br)c1)N1CCCC(OCc2cccc(Cl)c2)C1. The van der Waals surface area contributed by atoms with Gasteiger partial charge in [0.25, 0.3) is 5.91 Å². The van der Waals surface area contributed by atoms with Crippen LogP contribution in [0.2, 0.25) is 5.02 Å². The highest BCUT2D eigenvalue weighted by Crippen LogP contribution is 2.20. The first-order valence-electron chi connectivity index (χ1n) is 8.03. The van der Waals surface area contributed by atoms with E-state index in [-0.39, 0.29) is 12.0 Å². The van der Waals surface area contributed by atoms with Crippen LogP contribution in [-0.2, 0) is 11.3 Å². The fraction of sp³-hybridized carbons (Fsp3) is 0.316. The predicted molar refractivity (Wildman–Crippen MR) is 99.3 cm³/mol. The van der Waals surface area contributed by atoms with Crippen molar-refractivity contribution in [3.8, 4) is 0 Å². The van der Waals surface area contributed by atoms with Crippen LogP contribution in [0.25, 0.3) is 0 Å². The lowest BCUT2D eigenvalue weighted by Crippen LogP contribution is -2.43. The third-order valence-corrected chi connectivity index (χ3v) is 4.84. The van der Waals surface area contributed by atoms with E-state index in [0.29, 0.717) is 23.7 Å². The first-order valence-corrected chi connectivity index (χ1v) is 9.20. The Morgan fingerprint density at radius 2 is 2.08 bits per heavy atom. The summed E-state index contributed by atoms with van der Waals surface area (Å²) >= 11 is 9.42. The monoisotopic (exact) mass is 407 g/mol. The molecule has 1 aliphatic heterocycles. The summed E-state index contributed by atoms with van der Waals surface area (Å²) in [4.78, 5) is 14.5. The van der Waals surface area contributed by atoms with E-state index >= 15 is 0 Å². The molecule has 24 heavy (non-hydrogen) atoms. The third-order valence-electron chi connectivity index (χ3n) is 4.11. The molecule has 0 spiro atoms. The van der Waals surface area contributed by atoms with Gasteiger partial charge in [-0.2, -0.15) is 0 Å². The molecule has 2 aromatic rings. The number of carbonyl (C=O) groups is 1. The molecule has 1 heterocycles. The fourth-order valence-electron chi connectivity index (χ4n) is 2.90. The van der Waals surface area contributed by atoms with Gasteiger partial charge in [0.1, 0.15) is 0 Å². The van der Waals surface area contributed by atoms with Gasteiger partial charge in [0.2, 0.25) is 0 Å². The van der Waals surface area contributed by atoms with Gasteiger partial charge in [0.15, 0.2) is 0 Å². The van der Waals surface area contributed by atoms with E-state index in [1.807, 2.05) is 53.4 Å². The molecule has 0 saturated carbocycles. The minimum absolute atomic E-state index is 0.0624. The molecule has 0 bridgehead atoms. The number of benzene rings is 2. The molecule has 3 rings (SSSR count). The first-order chi connectivity index (χ1) is 11.6. The Hall–Kier alpha value is -1.36. The van der Waals surface area contributed by atoms with E-state index in [4.69, 9.17) is 16.3 Å². The van der Waals surface area contributed by atoms with Gasteiger partial charge >= 0.3 is 0 Å². The Morgan fingerprint density at radius 3 is 2.88 bits per heavy atom. The van der Waals surface area contributed by atoms with Crippen molar-refractivity contribution in [2.45, 2.75) is 25.6 Å². The number of rotatable bonds is 4. The largest absolute Gasteiger partial charge is 0.372 e. The van der Waals surface area contributed by atoms with Crippen LogP contribution in [0.3, 0.4) is 0 Å². The van der Waals surface area contributed by atoms with Crippen molar-refractivity contribution in [2.75, 3.05) is 13.1 Å². The fourth-order valence-corrected chi connectivity index (χ4v) is 3.52. The Kier molecular flexibility index (Phi) is 5.93. The van der Waals surface area contributed by atoms with Crippen molar-refractivity contribution in [2.24, 2.45) is 0 Å². The van der Waals surface area contributed by atoms with Crippen LogP contribution >= 0.6 is 27.5 Å². The van der Waals surface area contributed by atoms with Crippen LogP contribution in [0.15, 0.2) is 53.0 Å². The molecule has 1 aliphatic rings. The number of likely N-dealkylation sites (tertiary alicyclic amines) is 1. The van der Waals surface area contributed by atoms with E-state index < -0.39 is 0 Å². The van der Waals surface area contributed by atoms with Gasteiger partial charge < -0.3 is 9.64 Å². The Labute approximate surface area is 155 Å². The number of halogens is 2. The van der Waals surface area contributed by atoms with Crippen molar-refractivity contribution >= 4 is 33.4 Å². The van der Waals surface area contributed by atoms with Crippen LogP contribution in [0, 0.1) is 0 Å². The number of nitrogens with zero attached hydrogens (tertiary/aromatic N) is 1. The van der Waals surface area contributed by atoms with Gasteiger partial charge in [-0.1, -0.05) is 45.7 Å². The minimum Gasteiger partial charge on any atom is -0.372 e. The molecule has 5 heteroatoms. The van der Waals surface area contributed by atoms with Crippen LogP contribution in [0.1, 0.15) is 28.8 Å². The molecule has 1 saturated heterocycles. The topological polar surface area (TPSA) is 29.5 Å². The Bertz CT molecular complexity index is 722. The van der Waals surface area contributed by atoms with E-state index in [1.165, 1.54) is 0 Å². The average Bonchev–Trinajstić information content (AvgIpc) is 2.60. The first kappa shape index (κ1) is 17.5. The molecule has 1 fully saturated rings. The highest BCUT2D eigenvalue weighted by atomic mass is 79.9. The maximum Gasteiger partial charge on any atom is 0.253 e. The third kappa shape index (κ3) is 4.59. The number of hydrogen-bond donors (Lipinski definition) is 0. The summed E-state index contributed by atoms with van der Waals surface area (Å²) in [6.45, 7) is 1.93. The maximum atomic E-state index is 12.6. The molecule has 1 amide bonds. The highest BCUT2D eigenvalue weighted by molar-refractivity contribution is 9.10. The number of carbonyl (C=O) groups excluding carboxylic acids is 1. The molecule has 0 N–H and O–H groups in total. The molecule has 3 nitrogen and oxygen atoms in total. The average molecular weight is 409 g/mol. The zero-order valence-corrected chi connectivity index (χ0v) is 15.6. The summed E-state index contributed by atoms with van der Waals surface area (Å²) in [5, 5.41) is 0.714. The summed E-state index contributed by atoms with van der Waals surface area (Å²) < 4.78 is 6.92. The molecule has 126 valence electrons. The smallest absolute Gasteiger partial charge is 0.253 e. The molecule has 1 unspecified atom stereocenters. The van der Waals surface area contributed by atoms with Crippen LogP contribution in [-0.4, -0.2) is 30.0 Å².